The van der Waals surface area contributed by atoms with Crippen molar-refractivity contribution >= 4 is 24.0 Å². The first-order chi connectivity index (χ1) is 16.0. The van der Waals surface area contributed by atoms with Crippen molar-refractivity contribution in [1.82, 2.24) is 16.0 Å². The van der Waals surface area contributed by atoms with Crippen LogP contribution in [0.3, 0.4) is 0 Å². The van der Waals surface area contributed by atoms with Gasteiger partial charge in [-0.25, -0.2) is 0 Å². The van der Waals surface area contributed by atoms with E-state index >= 15 is 0 Å². The lowest BCUT2D eigenvalue weighted by Crippen LogP contribution is -2.51. The van der Waals surface area contributed by atoms with Gasteiger partial charge in [0.05, 0.1) is 6.04 Å². The average Bonchev–Trinajstić information content (AvgIpc) is 3.46. The molecule has 3 N–H and O–H groups in total. The van der Waals surface area contributed by atoms with Crippen LogP contribution >= 0.6 is 0 Å². The van der Waals surface area contributed by atoms with E-state index in [1.807, 2.05) is 30.3 Å². The standard InChI is InChI=1S/C24H25N3O6/c28-13-18(11-17-8-9-25-22(17)29)26-24(31)19(10-15-4-2-1-3-5-15)27-23(30)16-6-7-20-21(12-16)33-14-32-20/h1-7,12-13,17-19H,8-11,14H2,(H,25,29)(H,26,31)(H,27,30)/t17?,18-,19-/m0/s1. The van der Waals surface area contributed by atoms with Gasteiger partial charge >= 0.3 is 0 Å². The number of aldehydes is 1. The van der Waals surface area contributed by atoms with E-state index in [1.54, 1.807) is 18.2 Å². The van der Waals surface area contributed by atoms with Crippen LogP contribution in [0.1, 0.15) is 28.8 Å². The largest absolute Gasteiger partial charge is 0.454 e. The Kier molecular flexibility index (Phi) is 6.87. The number of benzene rings is 2. The van der Waals surface area contributed by atoms with Gasteiger partial charge in [-0.1, -0.05) is 30.3 Å². The van der Waals surface area contributed by atoms with Gasteiger partial charge in [0.15, 0.2) is 11.5 Å². The molecule has 0 bridgehead atoms. The van der Waals surface area contributed by atoms with Crippen LogP contribution in [0.15, 0.2) is 48.5 Å². The predicted molar refractivity (Wildman–Crippen MR) is 118 cm³/mol. The van der Waals surface area contributed by atoms with Crippen molar-refractivity contribution in [2.45, 2.75) is 31.3 Å². The number of rotatable bonds is 9. The summed E-state index contributed by atoms with van der Waals surface area (Å²) in [6.45, 7) is 0.650. The zero-order valence-electron chi connectivity index (χ0n) is 17.9. The molecule has 2 aromatic carbocycles. The van der Waals surface area contributed by atoms with E-state index in [2.05, 4.69) is 16.0 Å². The van der Waals surface area contributed by atoms with E-state index in [0.717, 1.165) is 5.56 Å². The van der Waals surface area contributed by atoms with Gasteiger partial charge in [0.25, 0.3) is 5.91 Å². The molecule has 9 heteroatoms. The predicted octanol–water partition coefficient (Wildman–Crippen LogP) is 0.966. The lowest BCUT2D eigenvalue weighted by molar-refractivity contribution is -0.127. The Morgan fingerprint density at radius 2 is 1.88 bits per heavy atom. The van der Waals surface area contributed by atoms with E-state index in [9.17, 15) is 19.2 Å². The molecule has 2 heterocycles. The molecule has 0 aliphatic carbocycles. The second-order valence-electron chi connectivity index (χ2n) is 8.05. The number of amides is 3. The second kappa shape index (κ2) is 10.2. The molecule has 9 nitrogen and oxygen atoms in total. The molecule has 33 heavy (non-hydrogen) atoms. The number of hydrogen-bond donors (Lipinski definition) is 3. The van der Waals surface area contributed by atoms with Crippen molar-refractivity contribution in [3.05, 3.63) is 59.7 Å². The van der Waals surface area contributed by atoms with Gasteiger partial charge in [0.1, 0.15) is 12.3 Å². The van der Waals surface area contributed by atoms with E-state index in [0.29, 0.717) is 36.3 Å². The molecular formula is C24H25N3O6. The van der Waals surface area contributed by atoms with Crippen molar-refractivity contribution in [2.75, 3.05) is 13.3 Å². The van der Waals surface area contributed by atoms with Crippen LogP contribution in [-0.2, 0) is 20.8 Å². The molecule has 0 aromatic heterocycles. The van der Waals surface area contributed by atoms with E-state index in [4.69, 9.17) is 9.47 Å². The topological polar surface area (TPSA) is 123 Å². The van der Waals surface area contributed by atoms with Gasteiger partial charge in [0, 0.05) is 24.4 Å². The highest BCUT2D eigenvalue weighted by molar-refractivity contribution is 5.98. The maximum absolute atomic E-state index is 13.1. The quantitative estimate of drug-likeness (QED) is 0.488. The summed E-state index contributed by atoms with van der Waals surface area (Å²) in [4.78, 5) is 49.5. The van der Waals surface area contributed by atoms with Crippen molar-refractivity contribution < 1.29 is 28.7 Å². The lowest BCUT2D eigenvalue weighted by atomic mass is 9.98. The molecule has 2 aromatic rings. The second-order valence-corrected chi connectivity index (χ2v) is 8.05. The third-order valence-electron chi connectivity index (χ3n) is 5.73. The average molecular weight is 451 g/mol. The minimum atomic E-state index is -0.926. The fraction of sp³-hybridized carbons (Fsp3) is 0.333. The highest BCUT2D eigenvalue weighted by Crippen LogP contribution is 2.32. The number of carbonyl (C=O) groups excluding carboxylic acids is 4. The summed E-state index contributed by atoms with van der Waals surface area (Å²) in [5, 5.41) is 8.17. The molecular weight excluding hydrogens is 426 g/mol. The summed E-state index contributed by atoms with van der Waals surface area (Å²) in [5.41, 5.74) is 1.17. The first kappa shape index (κ1) is 22.3. The summed E-state index contributed by atoms with van der Waals surface area (Å²) in [7, 11) is 0. The number of fused-ring (bicyclic) bond motifs is 1. The molecule has 1 fully saturated rings. The Labute approximate surface area is 190 Å². The summed E-state index contributed by atoms with van der Waals surface area (Å²) < 4.78 is 10.6. The highest BCUT2D eigenvalue weighted by atomic mass is 16.7. The highest BCUT2D eigenvalue weighted by Gasteiger charge is 2.30. The van der Waals surface area contributed by atoms with Crippen LogP contribution in [0.2, 0.25) is 0 Å². The van der Waals surface area contributed by atoms with Gasteiger partial charge in [-0.2, -0.15) is 0 Å². The minimum Gasteiger partial charge on any atom is -0.454 e. The minimum absolute atomic E-state index is 0.0888. The van der Waals surface area contributed by atoms with Crippen molar-refractivity contribution in [2.24, 2.45) is 5.92 Å². The molecule has 2 aliphatic heterocycles. The maximum atomic E-state index is 13.1. The molecule has 0 radical (unpaired) electrons. The molecule has 3 amide bonds. The summed E-state index contributed by atoms with van der Waals surface area (Å²) in [5.74, 6) is -0.382. The fourth-order valence-electron chi connectivity index (χ4n) is 3.95. The lowest BCUT2D eigenvalue weighted by Gasteiger charge is -2.22. The first-order valence-corrected chi connectivity index (χ1v) is 10.8. The molecule has 3 atom stereocenters. The van der Waals surface area contributed by atoms with Crippen LogP contribution in [0.4, 0.5) is 0 Å². The van der Waals surface area contributed by atoms with E-state index in [1.165, 1.54) is 0 Å². The summed E-state index contributed by atoms with van der Waals surface area (Å²) >= 11 is 0. The first-order valence-electron chi connectivity index (χ1n) is 10.8. The Hall–Kier alpha value is -3.88. The third kappa shape index (κ3) is 5.49. The van der Waals surface area contributed by atoms with Gasteiger partial charge in [-0.15, -0.1) is 0 Å². The monoisotopic (exact) mass is 451 g/mol. The molecule has 172 valence electrons. The summed E-state index contributed by atoms with van der Waals surface area (Å²) in [6.07, 6.45) is 1.70. The number of nitrogens with one attached hydrogen (secondary N) is 3. The summed E-state index contributed by atoms with van der Waals surface area (Å²) in [6, 6.07) is 12.3. The van der Waals surface area contributed by atoms with Crippen molar-refractivity contribution in [1.29, 1.82) is 0 Å². The van der Waals surface area contributed by atoms with Crippen molar-refractivity contribution in [3.8, 4) is 11.5 Å². The van der Waals surface area contributed by atoms with Gasteiger partial charge < -0.3 is 30.2 Å². The third-order valence-corrected chi connectivity index (χ3v) is 5.73. The smallest absolute Gasteiger partial charge is 0.252 e. The molecule has 4 rings (SSSR count). The number of ether oxygens (including phenoxy) is 2. The number of carbonyl (C=O) groups is 4. The Balaban J connectivity index is 1.47. The van der Waals surface area contributed by atoms with Gasteiger partial charge in [-0.3, -0.25) is 14.4 Å². The molecule has 1 unspecified atom stereocenters. The molecule has 1 saturated heterocycles. The van der Waals surface area contributed by atoms with Crippen LogP contribution in [0, 0.1) is 5.92 Å². The number of hydrogen-bond acceptors (Lipinski definition) is 6. The Morgan fingerprint density at radius 1 is 1.09 bits per heavy atom. The zero-order valence-corrected chi connectivity index (χ0v) is 17.9. The molecule has 0 spiro atoms. The normalized spacial score (nSPS) is 18.2. The van der Waals surface area contributed by atoms with Crippen LogP contribution in [-0.4, -0.2) is 49.4 Å². The zero-order chi connectivity index (χ0) is 23.2. The van der Waals surface area contributed by atoms with Crippen LogP contribution in [0.25, 0.3) is 0 Å². The van der Waals surface area contributed by atoms with E-state index < -0.39 is 23.9 Å². The molecule has 0 saturated carbocycles. The van der Waals surface area contributed by atoms with Gasteiger partial charge in [0.2, 0.25) is 18.6 Å². The van der Waals surface area contributed by atoms with E-state index in [-0.39, 0.29) is 31.5 Å². The van der Waals surface area contributed by atoms with Crippen LogP contribution < -0.4 is 25.4 Å². The van der Waals surface area contributed by atoms with Crippen molar-refractivity contribution in [3.63, 3.8) is 0 Å². The Morgan fingerprint density at radius 3 is 2.61 bits per heavy atom. The Bertz CT molecular complexity index is 1040. The maximum Gasteiger partial charge on any atom is 0.252 e. The molecule has 2 aliphatic rings. The van der Waals surface area contributed by atoms with Crippen LogP contribution in [0.5, 0.6) is 11.5 Å². The SMILES string of the molecule is O=C[C@H](CC1CCNC1=O)NC(=O)[C@H](Cc1ccccc1)NC(=O)c1ccc2c(c1)OCO2. The van der Waals surface area contributed by atoms with Gasteiger partial charge in [-0.05, 0) is 36.6 Å². The fourth-order valence-corrected chi connectivity index (χ4v) is 3.95.